The fourth-order valence-electron chi connectivity index (χ4n) is 7.87. The van der Waals surface area contributed by atoms with Gasteiger partial charge in [-0.25, -0.2) is 0 Å². The Balaban J connectivity index is 2.10. The van der Waals surface area contributed by atoms with Crippen LogP contribution in [0.5, 0.6) is 11.5 Å². The van der Waals surface area contributed by atoms with Gasteiger partial charge in [-0.15, -0.1) is 0 Å². The number of benzene rings is 1. The maximum Gasteiger partial charge on any atom is 0.200 e. The largest absolute Gasteiger partial charge is 0.504 e. The molecule has 6 heteroatoms. The van der Waals surface area contributed by atoms with Crippen molar-refractivity contribution >= 4 is 17.3 Å². The zero-order valence-electron chi connectivity index (χ0n) is 29.1. The molecular weight excluding hydrogens is 564 g/mol. The normalized spacial score (nSPS) is 28.0. The van der Waals surface area contributed by atoms with Crippen molar-refractivity contribution in [2.45, 2.75) is 107 Å². The molecule has 1 aromatic carbocycles. The van der Waals surface area contributed by atoms with E-state index in [1.807, 2.05) is 47.6 Å². The highest BCUT2D eigenvalue weighted by molar-refractivity contribution is 6.35. The van der Waals surface area contributed by atoms with Gasteiger partial charge in [0.25, 0.3) is 0 Å². The number of rotatable bonds is 9. The highest BCUT2D eigenvalue weighted by Gasteiger charge is 2.74. The van der Waals surface area contributed by atoms with Crippen LogP contribution in [0, 0.1) is 28.1 Å². The predicted molar refractivity (Wildman–Crippen MR) is 178 cm³/mol. The fourth-order valence-corrected chi connectivity index (χ4v) is 7.87. The highest BCUT2D eigenvalue weighted by atomic mass is 16.5. The molecule has 4 rings (SSSR count). The molecule has 1 unspecified atom stereocenters. The number of methoxy groups -OCH3 is 1. The Labute approximate surface area is 269 Å². The van der Waals surface area contributed by atoms with Crippen molar-refractivity contribution in [2.24, 2.45) is 28.1 Å². The van der Waals surface area contributed by atoms with Crippen LogP contribution in [-0.2, 0) is 14.3 Å². The lowest BCUT2D eigenvalue weighted by molar-refractivity contribution is -0.188. The first kappa shape index (κ1) is 34.5. The summed E-state index contributed by atoms with van der Waals surface area (Å²) in [5.74, 6) is -0.831. The lowest BCUT2D eigenvalue weighted by atomic mass is 9.39. The molecule has 6 nitrogen and oxygen atoms in total. The molecule has 2 aliphatic carbocycles. The minimum Gasteiger partial charge on any atom is -0.504 e. The van der Waals surface area contributed by atoms with Crippen LogP contribution in [0.2, 0.25) is 0 Å². The summed E-state index contributed by atoms with van der Waals surface area (Å²) in [6.07, 6.45) is 9.06. The Hall–Kier alpha value is -3.41. The molecule has 1 saturated carbocycles. The Morgan fingerprint density at radius 3 is 2.02 bits per heavy atom. The van der Waals surface area contributed by atoms with E-state index in [4.69, 9.17) is 9.47 Å². The van der Waals surface area contributed by atoms with Crippen molar-refractivity contribution in [3.63, 3.8) is 0 Å². The number of fused-ring (bicyclic) bond motifs is 1. The van der Waals surface area contributed by atoms with Crippen LogP contribution >= 0.6 is 0 Å². The third kappa shape index (κ3) is 5.63. The molecule has 2 fully saturated rings. The standard InChI is InChI=1S/C39H52O6/c1-23(2)12-15-27-21-38-22-28(16-13-24(3)4)37(9,10)45-34(38)31(32(41)26-14-17-29(40)30(20-26)44-11)33(42)39(35(38)43,36(27,7)8)19-18-25(5)6/h12-14,17-18,20,27-28,40H,15-16,19,21-22H2,1-11H3/t27-,28+,38-,39?/m1/s1. The molecule has 0 radical (unpaired) electrons. The molecule has 244 valence electrons. The molecule has 1 heterocycles. The van der Waals surface area contributed by atoms with Crippen molar-refractivity contribution in [2.75, 3.05) is 7.11 Å². The van der Waals surface area contributed by atoms with Crippen LogP contribution in [0.25, 0.3) is 0 Å². The van der Waals surface area contributed by atoms with Crippen molar-refractivity contribution in [3.8, 4) is 11.5 Å². The quantitative estimate of drug-likeness (QED) is 0.129. The molecule has 1 spiro atoms. The summed E-state index contributed by atoms with van der Waals surface area (Å²) in [5.41, 5.74) is -0.509. The zero-order chi connectivity index (χ0) is 33.7. The van der Waals surface area contributed by atoms with E-state index in [0.29, 0.717) is 12.8 Å². The first-order chi connectivity index (χ1) is 20.9. The van der Waals surface area contributed by atoms with Crippen LogP contribution in [0.4, 0.5) is 0 Å². The van der Waals surface area contributed by atoms with Gasteiger partial charge < -0.3 is 14.6 Å². The summed E-state index contributed by atoms with van der Waals surface area (Å²) >= 11 is 0. The molecule has 45 heavy (non-hydrogen) atoms. The molecule has 1 aliphatic heterocycles. The summed E-state index contributed by atoms with van der Waals surface area (Å²) in [7, 11) is 1.41. The van der Waals surface area contributed by atoms with E-state index in [1.165, 1.54) is 36.5 Å². The average Bonchev–Trinajstić information content (AvgIpc) is 2.94. The number of allylic oxidation sites excluding steroid dienone is 8. The SMILES string of the molecule is COc1cc(C(=O)C2=C3OC(C)(C)[C@@H](CC=C(C)C)C[C@]34C[C@@H](CC=C(C)C)C(C)(C)C(CC=C(C)C)(C2=O)C4=O)ccc1O. The summed E-state index contributed by atoms with van der Waals surface area (Å²) in [5, 5.41) is 10.3. The van der Waals surface area contributed by atoms with Gasteiger partial charge in [0.2, 0.25) is 0 Å². The molecule has 0 aromatic heterocycles. The monoisotopic (exact) mass is 616 g/mol. The first-order valence-electron chi connectivity index (χ1n) is 16.2. The van der Waals surface area contributed by atoms with Gasteiger partial charge in [-0.2, -0.15) is 0 Å². The van der Waals surface area contributed by atoms with Gasteiger partial charge in [0, 0.05) is 11.5 Å². The minimum atomic E-state index is -1.45. The van der Waals surface area contributed by atoms with E-state index in [-0.39, 0.29) is 52.4 Å². The van der Waals surface area contributed by atoms with Gasteiger partial charge in [-0.3, -0.25) is 14.4 Å². The van der Waals surface area contributed by atoms with Gasteiger partial charge in [0.15, 0.2) is 28.8 Å². The molecule has 1 aromatic rings. The van der Waals surface area contributed by atoms with E-state index in [1.54, 1.807) is 0 Å². The smallest absolute Gasteiger partial charge is 0.200 e. The van der Waals surface area contributed by atoms with E-state index in [2.05, 4.69) is 39.8 Å². The summed E-state index contributed by atoms with van der Waals surface area (Å²) in [6, 6.07) is 4.34. The maximum atomic E-state index is 15.4. The number of carbonyl (C=O) groups is 3. The van der Waals surface area contributed by atoms with Crippen molar-refractivity contribution in [1.29, 1.82) is 0 Å². The number of aromatic hydroxyl groups is 1. The Bertz CT molecular complexity index is 1520. The zero-order valence-corrected chi connectivity index (χ0v) is 29.1. The third-order valence-electron chi connectivity index (χ3n) is 10.9. The van der Waals surface area contributed by atoms with Crippen LogP contribution in [-0.4, -0.2) is 35.2 Å². The second kappa shape index (κ2) is 12.1. The number of phenolic OH excluding ortho intramolecular Hbond substituents is 1. The van der Waals surface area contributed by atoms with Gasteiger partial charge in [0.05, 0.1) is 12.5 Å². The molecule has 2 bridgehead atoms. The van der Waals surface area contributed by atoms with Gasteiger partial charge in [-0.1, -0.05) is 48.8 Å². The number of ether oxygens (including phenoxy) is 2. The molecule has 4 atom stereocenters. The maximum absolute atomic E-state index is 15.4. The van der Waals surface area contributed by atoms with E-state index in [9.17, 15) is 9.90 Å². The summed E-state index contributed by atoms with van der Waals surface area (Å²) in [6.45, 7) is 20.3. The van der Waals surface area contributed by atoms with Crippen LogP contribution in [0.15, 0.2) is 64.5 Å². The lowest BCUT2D eigenvalue weighted by Crippen LogP contribution is -2.69. The molecule has 1 saturated heterocycles. The van der Waals surface area contributed by atoms with Crippen molar-refractivity contribution in [3.05, 3.63) is 70.0 Å². The van der Waals surface area contributed by atoms with Crippen LogP contribution in [0.1, 0.15) is 112 Å². The second-order valence-electron chi connectivity index (χ2n) is 15.3. The number of hydrogen-bond donors (Lipinski definition) is 1. The number of ketones is 3. The van der Waals surface area contributed by atoms with Crippen LogP contribution in [0.3, 0.4) is 0 Å². The van der Waals surface area contributed by atoms with Gasteiger partial charge >= 0.3 is 0 Å². The molecular formula is C39H52O6. The minimum absolute atomic E-state index is 0.00561. The summed E-state index contributed by atoms with van der Waals surface area (Å²) in [4.78, 5) is 45.3. The topological polar surface area (TPSA) is 89.9 Å². The molecule has 3 aliphatic rings. The Morgan fingerprint density at radius 1 is 0.911 bits per heavy atom. The number of carbonyl (C=O) groups excluding carboxylic acids is 3. The number of hydrogen-bond acceptors (Lipinski definition) is 6. The first-order valence-corrected chi connectivity index (χ1v) is 16.2. The van der Waals surface area contributed by atoms with Gasteiger partial charge in [-0.05, 0) is 117 Å². The number of phenols is 1. The second-order valence-corrected chi connectivity index (χ2v) is 15.3. The van der Waals surface area contributed by atoms with E-state index in [0.717, 1.165) is 18.4 Å². The Kier molecular flexibility index (Phi) is 9.25. The van der Waals surface area contributed by atoms with Gasteiger partial charge in [0.1, 0.15) is 22.3 Å². The Morgan fingerprint density at radius 2 is 1.47 bits per heavy atom. The van der Waals surface area contributed by atoms with Crippen molar-refractivity contribution in [1.82, 2.24) is 0 Å². The predicted octanol–water partition coefficient (Wildman–Crippen LogP) is 8.89. The van der Waals surface area contributed by atoms with Crippen molar-refractivity contribution < 1.29 is 29.0 Å². The molecule has 0 amide bonds. The fraction of sp³-hybridized carbons (Fsp3) is 0.564. The van der Waals surface area contributed by atoms with Crippen LogP contribution < -0.4 is 4.74 Å². The highest BCUT2D eigenvalue weighted by Crippen LogP contribution is 2.69. The van der Waals surface area contributed by atoms with E-state index >= 15 is 9.59 Å². The van der Waals surface area contributed by atoms with E-state index < -0.39 is 33.4 Å². The summed E-state index contributed by atoms with van der Waals surface area (Å²) < 4.78 is 12.2. The number of Topliss-reactive ketones (excluding diaryl/α,β-unsaturated/α-hetero) is 3. The molecule has 1 N–H and O–H groups in total. The lowest BCUT2D eigenvalue weighted by Gasteiger charge is -2.64. The third-order valence-corrected chi connectivity index (χ3v) is 10.9. The average molecular weight is 617 g/mol.